The number of halogens is 1. The Kier molecular flexibility index (Phi) is 7.13. The minimum atomic E-state index is -0.337. The van der Waals surface area contributed by atoms with Crippen LogP contribution in [-0.4, -0.2) is 40.5 Å². The first-order valence-corrected chi connectivity index (χ1v) is 9.82. The minimum absolute atomic E-state index is 0.0792. The lowest BCUT2D eigenvalue weighted by Gasteiger charge is -2.10. The van der Waals surface area contributed by atoms with Crippen molar-refractivity contribution in [1.29, 1.82) is 0 Å². The summed E-state index contributed by atoms with van der Waals surface area (Å²) >= 11 is 0. The second kappa shape index (κ2) is 9.98. The van der Waals surface area contributed by atoms with Gasteiger partial charge in [0.05, 0.1) is 12.3 Å². The van der Waals surface area contributed by atoms with Gasteiger partial charge in [0, 0.05) is 23.8 Å². The fraction of sp³-hybridized carbons (Fsp3) is 0.318. The van der Waals surface area contributed by atoms with Gasteiger partial charge in [-0.05, 0) is 49.4 Å². The first-order chi connectivity index (χ1) is 14.5. The molecule has 8 heteroatoms. The van der Waals surface area contributed by atoms with Crippen molar-refractivity contribution in [1.82, 2.24) is 14.8 Å². The van der Waals surface area contributed by atoms with Gasteiger partial charge in [0.25, 0.3) is 0 Å². The number of carbonyl (C=O) groups is 1. The van der Waals surface area contributed by atoms with Crippen molar-refractivity contribution >= 4 is 11.6 Å². The monoisotopic (exact) mass is 412 g/mol. The summed E-state index contributed by atoms with van der Waals surface area (Å²) in [5, 5.41) is 7.33. The van der Waals surface area contributed by atoms with Gasteiger partial charge in [0.1, 0.15) is 12.4 Å². The van der Waals surface area contributed by atoms with Crippen molar-refractivity contribution in [3.63, 3.8) is 0 Å². The van der Waals surface area contributed by atoms with Crippen LogP contribution < -0.4 is 10.1 Å². The number of nitrogens with zero attached hydrogens (tertiary/aromatic N) is 3. The second-order valence-electron chi connectivity index (χ2n) is 6.88. The third-order valence-electron chi connectivity index (χ3n) is 4.24. The molecule has 1 N–H and O–H groups in total. The highest BCUT2D eigenvalue weighted by Gasteiger charge is 2.16. The Morgan fingerprint density at radius 1 is 1.17 bits per heavy atom. The van der Waals surface area contributed by atoms with Gasteiger partial charge in [0.2, 0.25) is 5.91 Å². The lowest BCUT2D eigenvalue weighted by Crippen LogP contribution is -2.17. The molecule has 0 atom stereocenters. The first-order valence-electron chi connectivity index (χ1n) is 9.82. The third-order valence-corrected chi connectivity index (χ3v) is 4.24. The van der Waals surface area contributed by atoms with Crippen LogP contribution in [0.25, 0.3) is 17.1 Å². The largest absolute Gasteiger partial charge is 0.460 e. The molecule has 0 spiro atoms. The van der Waals surface area contributed by atoms with E-state index >= 15 is 0 Å². The van der Waals surface area contributed by atoms with Gasteiger partial charge in [-0.1, -0.05) is 19.9 Å². The molecular formula is C22H25FN4O3. The molecule has 30 heavy (non-hydrogen) atoms. The smallest absolute Gasteiger partial charge is 0.336 e. The van der Waals surface area contributed by atoms with Crippen LogP contribution in [0.2, 0.25) is 0 Å². The van der Waals surface area contributed by atoms with Crippen LogP contribution in [0, 0.1) is 11.7 Å². The Morgan fingerprint density at radius 2 is 1.93 bits per heavy atom. The molecule has 0 bridgehead atoms. The highest BCUT2D eigenvalue weighted by Crippen LogP contribution is 2.25. The molecule has 0 aliphatic carbocycles. The van der Waals surface area contributed by atoms with Crippen LogP contribution in [-0.2, 0) is 9.53 Å². The molecule has 1 aromatic heterocycles. The van der Waals surface area contributed by atoms with Gasteiger partial charge in [0.15, 0.2) is 5.82 Å². The standard InChI is InChI=1S/C22H25FN4O3/c1-4-29-12-13-30-22-25-20(16-8-10-17(23)11-9-16)27(26-22)19-7-5-6-18(14-19)24-21(28)15(2)3/h5-11,14-15H,4,12-13H2,1-3H3,(H,24,28). The van der Waals surface area contributed by atoms with Crippen molar-refractivity contribution in [3.05, 3.63) is 54.3 Å². The molecule has 0 unspecified atom stereocenters. The van der Waals surface area contributed by atoms with Crippen molar-refractivity contribution < 1.29 is 18.7 Å². The van der Waals surface area contributed by atoms with Gasteiger partial charge in [-0.25, -0.2) is 9.07 Å². The summed E-state index contributed by atoms with van der Waals surface area (Å²) in [4.78, 5) is 16.5. The normalized spacial score (nSPS) is 11.0. The lowest BCUT2D eigenvalue weighted by molar-refractivity contribution is -0.118. The Labute approximate surface area is 174 Å². The Morgan fingerprint density at radius 3 is 2.63 bits per heavy atom. The van der Waals surface area contributed by atoms with Crippen LogP contribution in [0.5, 0.6) is 6.01 Å². The predicted octanol–water partition coefficient (Wildman–Crippen LogP) is 4.08. The van der Waals surface area contributed by atoms with Gasteiger partial charge < -0.3 is 14.8 Å². The van der Waals surface area contributed by atoms with E-state index in [9.17, 15) is 9.18 Å². The maximum Gasteiger partial charge on any atom is 0.336 e. The van der Waals surface area contributed by atoms with Gasteiger partial charge >= 0.3 is 6.01 Å². The SMILES string of the molecule is CCOCCOc1nc(-c2ccc(F)cc2)n(-c2cccc(NC(=O)C(C)C)c2)n1. The molecular weight excluding hydrogens is 387 g/mol. The molecule has 1 amide bonds. The number of benzene rings is 2. The number of ether oxygens (including phenoxy) is 2. The van der Waals surface area contributed by atoms with E-state index in [1.54, 1.807) is 28.9 Å². The average Bonchev–Trinajstić information content (AvgIpc) is 3.16. The highest BCUT2D eigenvalue weighted by atomic mass is 19.1. The van der Waals surface area contributed by atoms with Gasteiger partial charge in [-0.15, -0.1) is 5.10 Å². The van der Waals surface area contributed by atoms with Gasteiger partial charge in [-0.3, -0.25) is 4.79 Å². The highest BCUT2D eigenvalue weighted by molar-refractivity contribution is 5.92. The van der Waals surface area contributed by atoms with Crippen LogP contribution in [0.1, 0.15) is 20.8 Å². The molecule has 158 valence electrons. The molecule has 0 fully saturated rings. The second-order valence-corrected chi connectivity index (χ2v) is 6.88. The number of hydrogen-bond donors (Lipinski definition) is 1. The summed E-state index contributed by atoms with van der Waals surface area (Å²) in [5.74, 6) is -0.0604. The van der Waals surface area contributed by atoms with E-state index in [2.05, 4.69) is 15.4 Å². The molecule has 0 saturated carbocycles. The predicted molar refractivity (Wildman–Crippen MR) is 112 cm³/mol. The summed E-state index contributed by atoms with van der Waals surface area (Å²) in [6.45, 7) is 6.90. The van der Waals surface area contributed by atoms with Crippen molar-refractivity contribution in [2.45, 2.75) is 20.8 Å². The minimum Gasteiger partial charge on any atom is -0.460 e. The van der Waals surface area contributed by atoms with E-state index in [4.69, 9.17) is 9.47 Å². The molecule has 2 aromatic carbocycles. The molecule has 0 radical (unpaired) electrons. The molecule has 1 heterocycles. The maximum atomic E-state index is 13.4. The summed E-state index contributed by atoms with van der Waals surface area (Å²) in [6.07, 6.45) is 0. The van der Waals surface area contributed by atoms with E-state index < -0.39 is 0 Å². The van der Waals surface area contributed by atoms with E-state index in [0.717, 1.165) is 0 Å². The zero-order chi connectivity index (χ0) is 21.5. The molecule has 3 rings (SSSR count). The fourth-order valence-corrected chi connectivity index (χ4v) is 2.66. The third kappa shape index (κ3) is 5.42. The fourth-order valence-electron chi connectivity index (χ4n) is 2.66. The molecule has 0 aliphatic heterocycles. The first kappa shape index (κ1) is 21.4. The quantitative estimate of drug-likeness (QED) is 0.536. The lowest BCUT2D eigenvalue weighted by atomic mass is 10.2. The van der Waals surface area contributed by atoms with Crippen molar-refractivity contribution in [2.75, 3.05) is 25.1 Å². The van der Waals surface area contributed by atoms with Crippen molar-refractivity contribution in [3.8, 4) is 23.1 Å². The number of anilines is 1. The van der Waals surface area contributed by atoms with Crippen LogP contribution in [0.3, 0.4) is 0 Å². The summed E-state index contributed by atoms with van der Waals surface area (Å²) in [6, 6.07) is 13.4. The topological polar surface area (TPSA) is 78.3 Å². The number of rotatable bonds is 9. The summed E-state index contributed by atoms with van der Waals surface area (Å²) < 4.78 is 25.9. The Bertz CT molecular complexity index is 986. The van der Waals surface area contributed by atoms with Crippen LogP contribution in [0.4, 0.5) is 10.1 Å². The van der Waals surface area contributed by atoms with Crippen molar-refractivity contribution in [2.24, 2.45) is 5.92 Å². The van der Waals surface area contributed by atoms with E-state index in [0.29, 0.717) is 42.6 Å². The molecule has 3 aromatic rings. The molecule has 0 saturated heterocycles. The number of hydrogen-bond acceptors (Lipinski definition) is 5. The number of aromatic nitrogens is 3. The Balaban J connectivity index is 1.94. The zero-order valence-electron chi connectivity index (χ0n) is 17.3. The summed E-state index contributed by atoms with van der Waals surface area (Å²) in [5.41, 5.74) is 2.01. The maximum absolute atomic E-state index is 13.4. The number of carbonyl (C=O) groups excluding carboxylic acids is 1. The van der Waals surface area contributed by atoms with E-state index in [1.807, 2.05) is 32.9 Å². The van der Waals surface area contributed by atoms with Crippen LogP contribution >= 0.6 is 0 Å². The molecule has 7 nitrogen and oxygen atoms in total. The number of nitrogens with one attached hydrogen (secondary N) is 1. The van der Waals surface area contributed by atoms with Crippen LogP contribution in [0.15, 0.2) is 48.5 Å². The summed E-state index contributed by atoms with van der Waals surface area (Å²) in [7, 11) is 0. The Hall–Kier alpha value is -3.26. The van der Waals surface area contributed by atoms with Gasteiger partial charge in [-0.2, -0.15) is 4.98 Å². The zero-order valence-corrected chi connectivity index (χ0v) is 17.3. The molecule has 0 aliphatic rings. The number of amides is 1. The van der Waals surface area contributed by atoms with E-state index in [-0.39, 0.29) is 23.7 Å². The van der Waals surface area contributed by atoms with E-state index in [1.165, 1.54) is 12.1 Å². The average molecular weight is 412 g/mol.